The van der Waals surface area contributed by atoms with E-state index in [0.29, 0.717) is 22.1 Å². The molecular weight excluding hydrogens is 404 g/mol. The molecule has 0 aliphatic heterocycles. The van der Waals surface area contributed by atoms with Gasteiger partial charge in [-0.1, -0.05) is 37.6 Å². The van der Waals surface area contributed by atoms with Crippen LogP contribution in [0.3, 0.4) is 0 Å². The highest BCUT2D eigenvalue weighted by Gasteiger charge is 2.21. The van der Waals surface area contributed by atoms with Crippen LogP contribution in [-0.2, 0) is 33.5 Å². The van der Waals surface area contributed by atoms with E-state index in [4.69, 9.17) is 11.6 Å². The smallest absolute Gasteiger partial charge is 0.306 e. The summed E-state index contributed by atoms with van der Waals surface area (Å²) >= 11 is 6.06. The van der Waals surface area contributed by atoms with Crippen LogP contribution in [0.1, 0.15) is 30.8 Å². The van der Waals surface area contributed by atoms with Crippen molar-refractivity contribution < 1.29 is 0 Å². The van der Waals surface area contributed by atoms with E-state index < -0.39 is 11.2 Å². The quantitative estimate of drug-likeness (QED) is 0.491. The third-order valence-corrected chi connectivity index (χ3v) is 5.55. The average molecular weight is 427 g/mol. The molecule has 8 nitrogen and oxygen atoms in total. The number of fused-ring (bicyclic) bond motifs is 1. The van der Waals surface area contributed by atoms with Crippen LogP contribution in [0.4, 0.5) is 0 Å². The van der Waals surface area contributed by atoms with Gasteiger partial charge in [-0.2, -0.15) is 10.1 Å². The van der Waals surface area contributed by atoms with E-state index in [9.17, 15) is 9.59 Å². The van der Waals surface area contributed by atoms with Crippen molar-refractivity contribution in [1.29, 1.82) is 0 Å². The van der Waals surface area contributed by atoms with Crippen LogP contribution in [0.5, 0.6) is 0 Å². The number of aryl methyl sites for hydroxylation is 4. The molecule has 0 bridgehead atoms. The van der Waals surface area contributed by atoms with Gasteiger partial charge >= 0.3 is 5.69 Å². The van der Waals surface area contributed by atoms with Crippen molar-refractivity contribution in [2.75, 3.05) is 0 Å². The van der Waals surface area contributed by atoms with Gasteiger partial charge in [-0.25, -0.2) is 9.48 Å². The van der Waals surface area contributed by atoms with Crippen molar-refractivity contribution in [3.63, 3.8) is 0 Å². The molecule has 0 radical (unpaired) electrons. The summed E-state index contributed by atoms with van der Waals surface area (Å²) in [6.07, 6.45) is 1.57. The van der Waals surface area contributed by atoms with Crippen molar-refractivity contribution in [2.45, 2.75) is 33.2 Å². The van der Waals surface area contributed by atoms with Gasteiger partial charge in [0, 0.05) is 24.8 Å². The summed E-state index contributed by atoms with van der Waals surface area (Å²) in [5, 5.41) is 5.18. The first kappa shape index (κ1) is 20.2. The number of aromatic nitrogens is 6. The van der Waals surface area contributed by atoms with E-state index in [1.165, 1.54) is 9.13 Å². The van der Waals surface area contributed by atoms with Crippen LogP contribution in [0.2, 0.25) is 5.02 Å². The molecule has 156 valence electrons. The molecule has 0 saturated carbocycles. The summed E-state index contributed by atoms with van der Waals surface area (Å²) in [4.78, 5) is 30.9. The SMILES string of the molecule is CCc1cc(CC)n(-c2nc3c(c(=O)n(Cc4cccc(Cl)c4)c(=O)n3C)n2C)n1. The fraction of sp³-hybridized carbons (Fsp3) is 0.333. The van der Waals surface area contributed by atoms with Gasteiger partial charge in [-0.05, 0) is 36.6 Å². The number of rotatable bonds is 5. The second-order valence-corrected chi connectivity index (χ2v) is 7.69. The van der Waals surface area contributed by atoms with Gasteiger partial charge in [0.1, 0.15) is 0 Å². The van der Waals surface area contributed by atoms with E-state index in [-0.39, 0.29) is 6.54 Å². The minimum atomic E-state index is -0.428. The molecule has 9 heteroatoms. The number of hydrogen-bond acceptors (Lipinski definition) is 4. The predicted octanol–water partition coefficient (Wildman–Crippen LogP) is 2.45. The Morgan fingerprint density at radius 2 is 1.80 bits per heavy atom. The second kappa shape index (κ2) is 7.60. The molecule has 0 saturated heterocycles. The van der Waals surface area contributed by atoms with Crippen molar-refractivity contribution in [2.24, 2.45) is 14.1 Å². The standard InChI is InChI=1S/C21H23ClN6O2/c1-5-15-11-16(6-2)28(24-15)20-23-18-17(25(20)3)19(29)27(21(30)26(18)4)12-13-8-7-9-14(22)10-13/h7-11H,5-6,12H2,1-4H3. The monoisotopic (exact) mass is 426 g/mol. The summed E-state index contributed by atoms with van der Waals surface area (Å²) in [5.74, 6) is 0.508. The van der Waals surface area contributed by atoms with E-state index in [1.807, 2.05) is 26.0 Å². The molecular formula is C21H23ClN6O2. The zero-order valence-electron chi connectivity index (χ0n) is 17.4. The Morgan fingerprint density at radius 3 is 2.47 bits per heavy atom. The number of benzene rings is 1. The summed E-state index contributed by atoms with van der Waals surface area (Å²) in [5.41, 5.74) is 2.58. The third-order valence-electron chi connectivity index (χ3n) is 5.31. The third kappa shape index (κ3) is 3.17. The molecule has 0 unspecified atom stereocenters. The van der Waals surface area contributed by atoms with Gasteiger partial charge in [0.05, 0.1) is 12.2 Å². The highest BCUT2D eigenvalue weighted by molar-refractivity contribution is 6.30. The Bertz CT molecular complexity index is 1370. The molecule has 0 amide bonds. The molecule has 3 aromatic heterocycles. The number of hydrogen-bond donors (Lipinski definition) is 0. The maximum atomic E-state index is 13.3. The zero-order chi connectivity index (χ0) is 21.6. The molecule has 1 aromatic carbocycles. The highest BCUT2D eigenvalue weighted by Crippen LogP contribution is 2.17. The molecule has 0 N–H and O–H groups in total. The molecule has 0 atom stereocenters. The minimum absolute atomic E-state index is 0.129. The lowest BCUT2D eigenvalue weighted by atomic mass is 10.2. The molecule has 0 aliphatic rings. The average Bonchev–Trinajstić information content (AvgIpc) is 3.30. The fourth-order valence-corrected chi connectivity index (χ4v) is 3.86. The van der Waals surface area contributed by atoms with Crippen LogP contribution in [0, 0.1) is 0 Å². The van der Waals surface area contributed by atoms with Crippen LogP contribution in [-0.4, -0.2) is 28.5 Å². The van der Waals surface area contributed by atoms with Crippen molar-refractivity contribution in [1.82, 2.24) is 28.5 Å². The number of halogens is 1. The maximum Gasteiger partial charge on any atom is 0.332 e. The lowest BCUT2D eigenvalue weighted by Gasteiger charge is -2.09. The van der Waals surface area contributed by atoms with Gasteiger partial charge in [-0.3, -0.25) is 13.9 Å². The van der Waals surface area contributed by atoms with Crippen LogP contribution in [0.25, 0.3) is 17.1 Å². The zero-order valence-corrected chi connectivity index (χ0v) is 18.1. The van der Waals surface area contributed by atoms with Crippen LogP contribution >= 0.6 is 11.6 Å². The highest BCUT2D eigenvalue weighted by atomic mass is 35.5. The van der Waals surface area contributed by atoms with Gasteiger partial charge < -0.3 is 4.57 Å². The molecule has 0 aliphatic carbocycles. The summed E-state index contributed by atoms with van der Waals surface area (Å²) in [7, 11) is 3.39. The summed E-state index contributed by atoms with van der Waals surface area (Å²) in [6, 6.07) is 9.16. The Hall–Kier alpha value is -3.13. The summed E-state index contributed by atoms with van der Waals surface area (Å²) in [6.45, 7) is 4.22. The first-order valence-corrected chi connectivity index (χ1v) is 10.2. The maximum absolute atomic E-state index is 13.3. The van der Waals surface area contributed by atoms with E-state index in [1.54, 1.807) is 41.5 Å². The first-order chi connectivity index (χ1) is 14.3. The molecule has 3 heterocycles. The van der Waals surface area contributed by atoms with Gasteiger partial charge in [0.25, 0.3) is 5.56 Å². The van der Waals surface area contributed by atoms with Gasteiger partial charge in [0.15, 0.2) is 11.2 Å². The largest absolute Gasteiger partial charge is 0.332 e. The first-order valence-electron chi connectivity index (χ1n) is 9.84. The van der Waals surface area contributed by atoms with E-state index in [0.717, 1.165) is 29.8 Å². The van der Waals surface area contributed by atoms with E-state index >= 15 is 0 Å². The van der Waals surface area contributed by atoms with Crippen LogP contribution in [0.15, 0.2) is 39.9 Å². The molecule has 4 rings (SSSR count). The molecule has 30 heavy (non-hydrogen) atoms. The summed E-state index contributed by atoms with van der Waals surface area (Å²) < 4.78 is 6.07. The van der Waals surface area contributed by atoms with E-state index in [2.05, 4.69) is 10.1 Å². The molecule has 0 fully saturated rings. The Balaban J connectivity index is 1.95. The normalized spacial score (nSPS) is 11.5. The van der Waals surface area contributed by atoms with Gasteiger partial charge in [-0.15, -0.1) is 0 Å². The Labute approximate surface area is 178 Å². The molecule has 4 aromatic rings. The number of imidazole rings is 1. The minimum Gasteiger partial charge on any atom is -0.306 e. The van der Waals surface area contributed by atoms with Crippen molar-refractivity contribution >= 4 is 22.8 Å². The second-order valence-electron chi connectivity index (χ2n) is 7.25. The lowest BCUT2D eigenvalue weighted by Crippen LogP contribution is -2.39. The predicted molar refractivity (Wildman–Crippen MR) is 117 cm³/mol. The van der Waals surface area contributed by atoms with Crippen LogP contribution < -0.4 is 11.2 Å². The molecule has 0 spiro atoms. The topological polar surface area (TPSA) is 79.6 Å². The Kier molecular flexibility index (Phi) is 5.11. The lowest BCUT2D eigenvalue weighted by molar-refractivity contribution is 0.655. The van der Waals surface area contributed by atoms with Gasteiger partial charge in [0.2, 0.25) is 5.95 Å². The van der Waals surface area contributed by atoms with Crippen molar-refractivity contribution in [3.8, 4) is 5.95 Å². The number of nitrogens with zero attached hydrogens (tertiary/aromatic N) is 6. The van der Waals surface area contributed by atoms with Crippen molar-refractivity contribution in [3.05, 3.63) is 73.1 Å². The Morgan fingerprint density at radius 1 is 1.03 bits per heavy atom. The fourth-order valence-electron chi connectivity index (χ4n) is 3.65.